The van der Waals surface area contributed by atoms with Gasteiger partial charge in [-0.3, -0.25) is 0 Å². The highest BCUT2D eigenvalue weighted by Gasteiger charge is 2.43. The van der Waals surface area contributed by atoms with Crippen molar-refractivity contribution in [3.8, 4) is 5.75 Å². The fraction of sp³-hybridized carbons (Fsp3) is 0.467. The zero-order chi connectivity index (χ0) is 12.2. The predicted octanol–water partition coefficient (Wildman–Crippen LogP) is 2.70. The van der Waals surface area contributed by atoms with E-state index in [-0.39, 0.29) is 5.54 Å². The van der Waals surface area contributed by atoms with Gasteiger partial charge in [-0.1, -0.05) is 0 Å². The number of aromatic amines is 1. The van der Waals surface area contributed by atoms with E-state index in [2.05, 4.69) is 22.4 Å². The summed E-state index contributed by atoms with van der Waals surface area (Å²) in [5, 5.41) is 5.06. The van der Waals surface area contributed by atoms with Crippen LogP contribution in [-0.2, 0) is 12.0 Å². The molecule has 4 rings (SSSR count). The summed E-state index contributed by atoms with van der Waals surface area (Å²) < 4.78 is 5.35. The molecular formula is C15H18N2O. The first kappa shape index (κ1) is 10.4. The first-order chi connectivity index (χ1) is 8.82. The molecule has 0 saturated heterocycles. The van der Waals surface area contributed by atoms with Crippen molar-refractivity contribution in [3.05, 3.63) is 29.5 Å². The molecule has 94 valence electrons. The molecule has 2 N–H and O–H groups in total. The molecule has 2 aliphatic rings. The minimum Gasteiger partial charge on any atom is -0.497 e. The summed E-state index contributed by atoms with van der Waals surface area (Å²) in [6, 6.07) is 6.34. The SMILES string of the molecule is COc1ccc2[nH]c3c(c2c1)CCNC31CCC1. The van der Waals surface area contributed by atoms with Crippen molar-refractivity contribution in [3.63, 3.8) is 0 Å². The van der Waals surface area contributed by atoms with Crippen LogP contribution in [0.4, 0.5) is 0 Å². The number of aromatic nitrogens is 1. The Morgan fingerprint density at radius 1 is 1.28 bits per heavy atom. The number of benzene rings is 1. The molecule has 1 aromatic carbocycles. The Labute approximate surface area is 107 Å². The molecule has 0 atom stereocenters. The van der Waals surface area contributed by atoms with Gasteiger partial charge in [-0.25, -0.2) is 0 Å². The average molecular weight is 242 g/mol. The summed E-state index contributed by atoms with van der Waals surface area (Å²) >= 11 is 0. The molecule has 1 spiro atoms. The third kappa shape index (κ3) is 1.23. The molecule has 1 aliphatic carbocycles. The molecule has 0 bridgehead atoms. The molecule has 1 aliphatic heterocycles. The van der Waals surface area contributed by atoms with Gasteiger partial charge in [-0.05, 0) is 49.4 Å². The van der Waals surface area contributed by atoms with Gasteiger partial charge in [0, 0.05) is 23.1 Å². The average Bonchev–Trinajstić information content (AvgIpc) is 2.74. The molecule has 0 unspecified atom stereocenters. The van der Waals surface area contributed by atoms with E-state index < -0.39 is 0 Å². The second-order valence-electron chi connectivity index (χ2n) is 5.50. The highest BCUT2D eigenvalue weighted by Crippen LogP contribution is 2.46. The first-order valence-electron chi connectivity index (χ1n) is 6.76. The van der Waals surface area contributed by atoms with Crippen molar-refractivity contribution in [2.45, 2.75) is 31.2 Å². The van der Waals surface area contributed by atoms with Crippen LogP contribution in [0.1, 0.15) is 30.5 Å². The standard InChI is InChI=1S/C15H18N2O/c1-18-10-3-4-13-12(9-10)11-5-8-16-15(6-2-7-15)14(11)17-13/h3-4,9,16-17H,2,5-8H2,1H3. The van der Waals surface area contributed by atoms with Crippen LogP contribution < -0.4 is 10.1 Å². The Balaban J connectivity index is 1.95. The summed E-state index contributed by atoms with van der Waals surface area (Å²) in [6.07, 6.45) is 4.99. The second-order valence-corrected chi connectivity index (χ2v) is 5.50. The number of fused-ring (bicyclic) bond motifs is 4. The Bertz CT molecular complexity index is 610. The molecule has 3 heteroatoms. The second kappa shape index (κ2) is 3.51. The summed E-state index contributed by atoms with van der Waals surface area (Å²) in [7, 11) is 1.73. The lowest BCUT2D eigenvalue weighted by atomic mass is 9.71. The maximum atomic E-state index is 5.35. The molecule has 1 saturated carbocycles. The monoisotopic (exact) mass is 242 g/mol. The molecule has 3 nitrogen and oxygen atoms in total. The van der Waals surface area contributed by atoms with Crippen LogP contribution >= 0.6 is 0 Å². The Morgan fingerprint density at radius 2 is 2.17 bits per heavy atom. The van der Waals surface area contributed by atoms with Gasteiger partial charge in [0.25, 0.3) is 0 Å². The molecule has 1 fully saturated rings. The number of hydrogen-bond acceptors (Lipinski definition) is 2. The molecule has 2 heterocycles. The highest BCUT2D eigenvalue weighted by molar-refractivity contribution is 5.86. The molecule has 0 radical (unpaired) electrons. The van der Waals surface area contributed by atoms with Crippen LogP contribution in [0, 0.1) is 0 Å². The number of rotatable bonds is 1. The quantitative estimate of drug-likeness (QED) is 0.806. The van der Waals surface area contributed by atoms with Crippen molar-refractivity contribution >= 4 is 10.9 Å². The Hall–Kier alpha value is -1.48. The van der Waals surface area contributed by atoms with Crippen molar-refractivity contribution in [1.29, 1.82) is 0 Å². The van der Waals surface area contributed by atoms with Crippen LogP contribution in [0.3, 0.4) is 0 Å². The maximum Gasteiger partial charge on any atom is 0.119 e. The zero-order valence-electron chi connectivity index (χ0n) is 10.7. The highest BCUT2D eigenvalue weighted by atomic mass is 16.5. The summed E-state index contributed by atoms with van der Waals surface area (Å²) in [6.45, 7) is 1.09. The van der Waals surface area contributed by atoms with E-state index in [0.29, 0.717) is 0 Å². The maximum absolute atomic E-state index is 5.35. The van der Waals surface area contributed by atoms with E-state index >= 15 is 0 Å². The zero-order valence-corrected chi connectivity index (χ0v) is 10.7. The number of hydrogen-bond donors (Lipinski definition) is 2. The van der Waals surface area contributed by atoms with Crippen molar-refractivity contribution in [2.75, 3.05) is 13.7 Å². The third-order valence-electron chi connectivity index (χ3n) is 4.64. The van der Waals surface area contributed by atoms with Crippen molar-refractivity contribution in [2.24, 2.45) is 0 Å². The van der Waals surface area contributed by atoms with E-state index in [1.165, 1.54) is 41.4 Å². The van der Waals surface area contributed by atoms with Crippen LogP contribution in [0.2, 0.25) is 0 Å². The normalized spacial score (nSPS) is 20.7. The predicted molar refractivity (Wildman–Crippen MR) is 72.1 cm³/mol. The minimum absolute atomic E-state index is 0.250. The van der Waals surface area contributed by atoms with Gasteiger partial charge in [-0.15, -0.1) is 0 Å². The van der Waals surface area contributed by atoms with E-state index in [9.17, 15) is 0 Å². The lowest BCUT2D eigenvalue weighted by Crippen LogP contribution is -2.52. The van der Waals surface area contributed by atoms with Crippen molar-refractivity contribution < 1.29 is 4.74 Å². The molecular weight excluding hydrogens is 224 g/mol. The smallest absolute Gasteiger partial charge is 0.119 e. The van der Waals surface area contributed by atoms with E-state index in [0.717, 1.165) is 18.7 Å². The van der Waals surface area contributed by atoms with E-state index in [1.54, 1.807) is 7.11 Å². The third-order valence-corrected chi connectivity index (χ3v) is 4.64. The lowest BCUT2D eigenvalue weighted by molar-refractivity contribution is 0.171. The van der Waals surface area contributed by atoms with E-state index in [1.807, 2.05) is 6.07 Å². The van der Waals surface area contributed by atoms with Gasteiger partial charge >= 0.3 is 0 Å². The largest absolute Gasteiger partial charge is 0.497 e. The topological polar surface area (TPSA) is 37.0 Å². The summed E-state index contributed by atoms with van der Waals surface area (Å²) in [5.41, 5.74) is 4.43. The molecule has 1 aromatic heterocycles. The number of ether oxygens (including phenoxy) is 1. The summed E-state index contributed by atoms with van der Waals surface area (Å²) in [5.74, 6) is 0.950. The van der Waals surface area contributed by atoms with Crippen molar-refractivity contribution in [1.82, 2.24) is 10.3 Å². The van der Waals surface area contributed by atoms with Crippen LogP contribution in [0.25, 0.3) is 10.9 Å². The van der Waals surface area contributed by atoms with Gasteiger partial charge in [0.2, 0.25) is 0 Å². The van der Waals surface area contributed by atoms with Gasteiger partial charge in [0.15, 0.2) is 0 Å². The molecule has 0 amide bonds. The van der Waals surface area contributed by atoms with Gasteiger partial charge in [0.1, 0.15) is 5.75 Å². The number of nitrogens with one attached hydrogen (secondary N) is 2. The Kier molecular flexibility index (Phi) is 2.04. The lowest BCUT2D eigenvalue weighted by Gasteiger charge is -2.45. The summed E-state index contributed by atoms with van der Waals surface area (Å²) in [4.78, 5) is 3.64. The molecule has 18 heavy (non-hydrogen) atoms. The van der Waals surface area contributed by atoms with Gasteiger partial charge < -0.3 is 15.0 Å². The van der Waals surface area contributed by atoms with Gasteiger partial charge in [0.05, 0.1) is 12.6 Å². The number of H-pyrrole nitrogens is 1. The van der Waals surface area contributed by atoms with Gasteiger partial charge in [-0.2, -0.15) is 0 Å². The van der Waals surface area contributed by atoms with Crippen LogP contribution in [0.15, 0.2) is 18.2 Å². The Morgan fingerprint density at radius 3 is 2.89 bits per heavy atom. The van der Waals surface area contributed by atoms with Crippen LogP contribution in [0.5, 0.6) is 5.75 Å². The molecule has 2 aromatic rings. The fourth-order valence-corrected chi connectivity index (χ4v) is 3.49. The minimum atomic E-state index is 0.250. The fourth-order valence-electron chi connectivity index (χ4n) is 3.49. The van der Waals surface area contributed by atoms with E-state index in [4.69, 9.17) is 4.74 Å². The first-order valence-corrected chi connectivity index (χ1v) is 6.76. The van der Waals surface area contributed by atoms with Crippen LogP contribution in [-0.4, -0.2) is 18.6 Å². The number of methoxy groups -OCH3 is 1.